The lowest BCUT2D eigenvalue weighted by Gasteiger charge is -2.13. The van der Waals surface area contributed by atoms with Crippen LogP contribution in [-0.2, 0) is 0 Å². The number of fused-ring (bicyclic) bond motifs is 1. The molecule has 0 aromatic rings. The summed E-state index contributed by atoms with van der Waals surface area (Å²) in [6.45, 7) is 2.86. The third kappa shape index (κ3) is 0.802. The monoisotopic (exact) mass is 120 g/mol. The van der Waals surface area contributed by atoms with Gasteiger partial charge in [0.25, 0.3) is 0 Å². The van der Waals surface area contributed by atoms with Crippen molar-refractivity contribution < 1.29 is 0 Å². The van der Waals surface area contributed by atoms with Crippen LogP contribution in [0, 0.1) is 6.67 Å². The van der Waals surface area contributed by atoms with Gasteiger partial charge in [-0.15, -0.1) is 0 Å². The minimum Gasteiger partial charge on any atom is -0.285 e. The fourth-order valence-corrected chi connectivity index (χ4v) is 1.09. The second kappa shape index (κ2) is 1.97. The molecule has 2 heteroatoms. The second-order valence-corrected chi connectivity index (χ2v) is 2.24. The number of allylic oxidation sites excluding steroid dienone is 2. The van der Waals surface area contributed by atoms with Crippen LogP contribution in [0.1, 0.15) is 0 Å². The molecule has 0 spiro atoms. The molecule has 2 atom stereocenters. The molecule has 9 heavy (non-hydrogen) atoms. The van der Waals surface area contributed by atoms with Gasteiger partial charge in [-0.05, 0) is 0 Å². The molecule has 2 unspecified atom stereocenters. The van der Waals surface area contributed by atoms with Crippen molar-refractivity contribution in [1.29, 1.82) is 0 Å². The Morgan fingerprint density at radius 3 is 2.11 bits per heavy atom. The van der Waals surface area contributed by atoms with E-state index in [1.54, 1.807) is 0 Å². The van der Waals surface area contributed by atoms with Crippen LogP contribution in [0.3, 0.4) is 0 Å². The largest absolute Gasteiger partial charge is 0.285 e. The Labute approximate surface area is 54.6 Å². The summed E-state index contributed by atoms with van der Waals surface area (Å²) < 4.78 is 0. The van der Waals surface area contributed by atoms with Crippen LogP contribution < -0.4 is 10.6 Å². The lowest BCUT2D eigenvalue weighted by molar-refractivity contribution is 0.675. The number of rotatable bonds is 0. The molecule has 2 N–H and O–H groups in total. The number of hydrogen-bond acceptors (Lipinski definition) is 2. The first-order valence-electron chi connectivity index (χ1n) is 3.08. The molecule has 46 valence electrons. The summed E-state index contributed by atoms with van der Waals surface area (Å²) in [5.74, 6) is 0. The highest BCUT2D eigenvalue weighted by Gasteiger charge is 2.23. The van der Waals surface area contributed by atoms with Crippen LogP contribution in [0.2, 0.25) is 0 Å². The Balaban J connectivity index is 2.18. The molecule has 2 aliphatic rings. The van der Waals surface area contributed by atoms with Crippen LogP contribution in [0.4, 0.5) is 0 Å². The summed E-state index contributed by atoms with van der Waals surface area (Å²) in [5.41, 5.74) is 0. The van der Waals surface area contributed by atoms with Crippen molar-refractivity contribution in [3.8, 4) is 0 Å². The smallest absolute Gasteiger partial charge is 0.141 e. The lowest BCUT2D eigenvalue weighted by Crippen LogP contribution is -2.30. The van der Waals surface area contributed by atoms with E-state index in [1.165, 1.54) is 0 Å². The van der Waals surface area contributed by atoms with Gasteiger partial charge in [-0.3, -0.25) is 10.6 Å². The zero-order chi connectivity index (χ0) is 6.10. The lowest BCUT2D eigenvalue weighted by atomic mass is 10.1. The first-order valence-corrected chi connectivity index (χ1v) is 3.08. The fourth-order valence-electron chi connectivity index (χ4n) is 1.09. The SMILES string of the molecule is [C]1NC2C=CC=CC2N1. The average molecular weight is 120 g/mol. The first kappa shape index (κ1) is 5.21. The molecule has 1 fully saturated rings. The minimum absolute atomic E-state index is 0.426. The Bertz CT molecular complexity index is 142. The van der Waals surface area contributed by atoms with Crippen LogP contribution >= 0.6 is 0 Å². The molecule has 1 aliphatic heterocycles. The van der Waals surface area contributed by atoms with Crippen molar-refractivity contribution in [2.75, 3.05) is 0 Å². The van der Waals surface area contributed by atoms with Crippen molar-refractivity contribution >= 4 is 0 Å². The third-order valence-electron chi connectivity index (χ3n) is 1.61. The van der Waals surface area contributed by atoms with Crippen molar-refractivity contribution in [3.63, 3.8) is 0 Å². The zero-order valence-electron chi connectivity index (χ0n) is 4.96. The van der Waals surface area contributed by atoms with Gasteiger partial charge >= 0.3 is 0 Å². The Hall–Kier alpha value is -0.600. The van der Waals surface area contributed by atoms with E-state index in [9.17, 15) is 0 Å². The van der Waals surface area contributed by atoms with Gasteiger partial charge in [0, 0.05) is 12.1 Å². The number of nitrogens with one attached hydrogen (secondary N) is 2. The molecule has 0 amide bonds. The topological polar surface area (TPSA) is 24.1 Å². The van der Waals surface area contributed by atoms with Crippen molar-refractivity contribution in [2.24, 2.45) is 0 Å². The van der Waals surface area contributed by atoms with Gasteiger partial charge in [-0.2, -0.15) is 0 Å². The standard InChI is InChI=1S/C7H8N2/c1-2-4-7-6(3-1)8-5-9-7/h1-4,6-9H. The van der Waals surface area contributed by atoms with E-state index in [1.807, 2.05) is 12.2 Å². The molecular formula is C7H8N2. The van der Waals surface area contributed by atoms with Crippen molar-refractivity contribution in [1.82, 2.24) is 10.6 Å². The van der Waals surface area contributed by atoms with Gasteiger partial charge < -0.3 is 0 Å². The summed E-state index contributed by atoms with van der Waals surface area (Å²) in [7, 11) is 0. The van der Waals surface area contributed by atoms with Gasteiger partial charge in [0.05, 0.1) is 0 Å². The maximum Gasteiger partial charge on any atom is 0.141 e. The van der Waals surface area contributed by atoms with Crippen molar-refractivity contribution in [3.05, 3.63) is 31.0 Å². The highest BCUT2D eigenvalue weighted by Crippen LogP contribution is 2.08. The van der Waals surface area contributed by atoms with Gasteiger partial charge in [0.1, 0.15) is 6.67 Å². The van der Waals surface area contributed by atoms with Crippen LogP contribution in [0.5, 0.6) is 0 Å². The normalized spacial score (nSPS) is 39.1. The molecule has 0 aromatic heterocycles. The summed E-state index contributed by atoms with van der Waals surface area (Å²) >= 11 is 0. The average Bonchev–Trinajstić information content (AvgIpc) is 2.33. The minimum atomic E-state index is 0.426. The summed E-state index contributed by atoms with van der Waals surface area (Å²) in [4.78, 5) is 0. The van der Waals surface area contributed by atoms with E-state index in [-0.39, 0.29) is 0 Å². The molecule has 1 heterocycles. The number of hydrogen-bond donors (Lipinski definition) is 2. The third-order valence-corrected chi connectivity index (χ3v) is 1.61. The fraction of sp³-hybridized carbons (Fsp3) is 0.286. The van der Waals surface area contributed by atoms with E-state index in [0.717, 1.165) is 0 Å². The molecule has 2 nitrogen and oxygen atoms in total. The highest BCUT2D eigenvalue weighted by molar-refractivity contribution is 5.23. The van der Waals surface area contributed by atoms with Crippen LogP contribution in [0.15, 0.2) is 24.3 Å². The van der Waals surface area contributed by atoms with E-state index >= 15 is 0 Å². The molecule has 2 radical (unpaired) electrons. The van der Waals surface area contributed by atoms with E-state index in [2.05, 4.69) is 29.5 Å². The van der Waals surface area contributed by atoms with Crippen LogP contribution in [-0.4, -0.2) is 12.1 Å². The molecular weight excluding hydrogens is 112 g/mol. The van der Waals surface area contributed by atoms with Crippen molar-refractivity contribution in [2.45, 2.75) is 12.1 Å². The second-order valence-electron chi connectivity index (χ2n) is 2.24. The Kier molecular flexibility index (Phi) is 1.14. The summed E-state index contributed by atoms with van der Waals surface area (Å²) in [5, 5.41) is 6.12. The molecule has 0 bridgehead atoms. The van der Waals surface area contributed by atoms with Gasteiger partial charge in [-0.1, -0.05) is 24.3 Å². The van der Waals surface area contributed by atoms with Gasteiger partial charge in [0.15, 0.2) is 0 Å². The Morgan fingerprint density at radius 2 is 1.56 bits per heavy atom. The predicted octanol–water partition coefficient (Wildman–Crippen LogP) is 0.0387. The summed E-state index contributed by atoms with van der Waals surface area (Å²) in [6, 6.07) is 0.852. The molecule has 0 saturated carbocycles. The molecule has 1 aliphatic carbocycles. The highest BCUT2D eigenvalue weighted by atomic mass is 15.2. The maximum absolute atomic E-state index is 3.06. The van der Waals surface area contributed by atoms with E-state index < -0.39 is 0 Å². The molecule has 2 rings (SSSR count). The van der Waals surface area contributed by atoms with E-state index in [0.29, 0.717) is 12.1 Å². The zero-order valence-corrected chi connectivity index (χ0v) is 4.96. The molecule has 0 aromatic carbocycles. The predicted molar refractivity (Wildman–Crippen MR) is 35.4 cm³/mol. The van der Waals surface area contributed by atoms with E-state index in [4.69, 9.17) is 0 Å². The Morgan fingerprint density at radius 1 is 1.00 bits per heavy atom. The van der Waals surface area contributed by atoms with Gasteiger partial charge in [-0.25, -0.2) is 0 Å². The summed E-state index contributed by atoms with van der Waals surface area (Å²) in [6.07, 6.45) is 8.33. The molecule has 1 saturated heterocycles. The van der Waals surface area contributed by atoms with Crippen LogP contribution in [0.25, 0.3) is 0 Å². The quantitative estimate of drug-likeness (QED) is 0.471. The van der Waals surface area contributed by atoms with Gasteiger partial charge in [0.2, 0.25) is 0 Å². The first-order chi connectivity index (χ1) is 4.47. The maximum atomic E-state index is 3.06.